The van der Waals surface area contributed by atoms with Crippen molar-refractivity contribution in [3.8, 4) is 22.8 Å². The Balaban J connectivity index is 1.65. The summed E-state index contributed by atoms with van der Waals surface area (Å²) in [5.41, 5.74) is 2.58. The summed E-state index contributed by atoms with van der Waals surface area (Å²) in [5, 5.41) is 12.7. The topological polar surface area (TPSA) is 82.5 Å². The maximum Gasteiger partial charge on any atom is 0.258 e. The largest absolute Gasteiger partial charge is 0.334 e. The molecular weight excluding hydrogens is 384 g/mol. The highest BCUT2D eigenvalue weighted by molar-refractivity contribution is 7.80. The smallest absolute Gasteiger partial charge is 0.258 e. The van der Waals surface area contributed by atoms with Gasteiger partial charge in [0.25, 0.3) is 5.89 Å². The van der Waals surface area contributed by atoms with E-state index in [9.17, 15) is 0 Å². The molecule has 1 atom stereocenters. The van der Waals surface area contributed by atoms with Crippen molar-refractivity contribution in [2.75, 3.05) is 0 Å². The number of pyridine rings is 1. The molecule has 0 N–H and O–H groups in total. The molecule has 0 fully saturated rings. The van der Waals surface area contributed by atoms with Crippen molar-refractivity contribution in [2.45, 2.75) is 12.2 Å². The van der Waals surface area contributed by atoms with Crippen LogP contribution in [0.3, 0.4) is 0 Å². The summed E-state index contributed by atoms with van der Waals surface area (Å²) in [7, 11) is 1.88. The summed E-state index contributed by atoms with van der Waals surface area (Å²) in [4.78, 5) is 8.64. The van der Waals surface area contributed by atoms with Crippen molar-refractivity contribution < 1.29 is 4.52 Å². The van der Waals surface area contributed by atoms with Gasteiger partial charge in [0.2, 0.25) is 0 Å². The molecule has 27 heavy (non-hydrogen) atoms. The minimum atomic E-state index is -0.490. The Kier molecular flexibility index (Phi) is 4.67. The number of aryl methyl sites for hydroxylation is 1. The Labute approximate surface area is 165 Å². The lowest BCUT2D eigenvalue weighted by molar-refractivity contribution is 0.423. The van der Waals surface area contributed by atoms with Crippen LogP contribution in [-0.4, -0.2) is 29.9 Å². The van der Waals surface area contributed by atoms with E-state index < -0.39 is 5.25 Å². The van der Waals surface area contributed by atoms with Gasteiger partial charge in [-0.2, -0.15) is 17.6 Å². The van der Waals surface area contributed by atoms with Crippen LogP contribution in [0.5, 0.6) is 0 Å². The molecule has 3 aromatic heterocycles. The molecule has 0 spiro atoms. The van der Waals surface area contributed by atoms with Crippen LogP contribution in [0.4, 0.5) is 0 Å². The summed E-state index contributed by atoms with van der Waals surface area (Å²) in [5.74, 6) is 2.11. The fraction of sp³-hybridized carbons (Fsp3) is 0.167. The standard InChI is InChI=1S/C18H15ClN6OS/c1-10-8-11(6-7-20-10)16-22-23-17(25(16)2)14(27)15-21-18(26-24-15)12-4-3-5-13(19)9-12/h3-9,14,27H,1-2H3. The van der Waals surface area contributed by atoms with E-state index in [2.05, 4.69) is 38.0 Å². The van der Waals surface area contributed by atoms with E-state index in [1.165, 1.54) is 0 Å². The first-order valence-electron chi connectivity index (χ1n) is 8.13. The van der Waals surface area contributed by atoms with Crippen LogP contribution in [0.25, 0.3) is 22.8 Å². The quantitative estimate of drug-likeness (QED) is 0.525. The number of thiol groups is 1. The number of nitrogens with zero attached hydrogens (tertiary/aromatic N) is 6. The maximum atomic E-state index is 6.02. The molecule has 1 aromatic carbocycles. The van der Waals surface area contributed by atoms with Crippen LogP contribution >= 0.6 is 24.2 Å². The zero-order chi connectivity index (χ0) is 19.0. The number of rotatable bonds is 4. The fourth-order valence-electron chi connectivity index (χ4n) is 2.72. The van der Waals surface area contributed by atoms with Gasteiger partial charge in [0, 0.05) is 35.1 Å². The molecule has 0 aliphatic heterocycles. The van der Waals surface area contributed by atoms with Crippen molar-refractivity contribution >= 4 is 24.2 Å². The Bertz CT molecular complexity index is 1110. The number of halogens is 1. The van der Waals surface area contributed by atoms with Gasteiger partial charge in [0.15, 0.2) is 17.5 Å². The van der Waals surface area contributed by atoms with Gasteiger partial charge < -0.3 is 9.09 Å². The molecule has 0 aliphatic rings. The third-order valence-electron chi connectivity index (χ3n) is 4.07. The highest BCUT2D eigenvalue weighted by Crippen LogP contribution is 2.29. The third-order valence-corrected chi connectivity index (χ3v) is 4.76. The highest BCUT2D eigenvalue weighted by Gasteiger charge is 2.24. The summed E-state index contributed by atoms with van der Waals surface area (Å²) in [6.07, 6.45) is 1.74. The van der Waals surface area contributed by atoms with Crippen LogP contribution < -0.4 is 0 Å². The van der Waals surface area contributed by atoms with Crippen LogP contribution in [0.2, 0.25) is 5.02 Å². The zero-order valence-electron chi connectivity index (χ0n) is 14.5. The number of hydrogen-bond acceptors (Lipinski definition) is 7. The Morgan fingerprint density at radius 3 is 2.78 bits per heavy atom. The van der Waals surface area contributed by atoms with Gasteiger partial charge in [-0.3, -0.25) is 4.98 Å². The molecule has 0 radical (unpaired) electrons. The number of aromatic nitrogens is 6. The molecule has 136 valence electrons. The molecule has 0 saturated carbocycles. The van der Waals surface area contributed by atoms with E-state index >= 15 is 0 Å². The molecule has 0 saturated heterocycles. The Morgan fingerprint density at radius 2 is 2.00 bits per heavy atom. The summed E-state index contributed by atoms with van der Waals surface area (Å²) >= 11 is 10.6. The normalized spacial score (nSPS) is 12.3. The first-order chi connectivity index (χ1) is 13.0. The predicted molar refractivity (Wildman–Crippen MR) is 105 cm³/mol. The Morgan fingerprint density at radius 1 is 1.15 bits per heavy atom. The van der Waals surface area contributed by atoms with Crippen molar-refractivity contribution in [3.05, 3.63) is 65.0 Å². The molecule has 0 amide bonds. The molecule has 0 aliphatic carbocycles. The van der Waals surface area contributed by atoms with Gasteiger partial charge in [0.05, 0.1) is 0 Å². The Hall–Kier alpha value is -2.71. The summed E-state index contributed by atoms with van der Waals surface area (Å²) < 4.78 is 7.22. The second-order valence-electron chi connectivity index (χ2n) is 6.00. The first kappa shape index (κ1) is 17.7. The fourth-order valence-corrected chi connectivity index (χ4v) is 3.24. The summed E-state index contributed by atoms with van der Waals surface area (Å²) in [6.45, 7) is 1.93. The van der Waals surface area contributed by atoms with E-state index in [4.69, 9.17) is 16.1 Å². The van der Waals surface area contributed by atoms with Gasteiger partial charge in [-0.15, -0.1) is 10.2 Å². The van der Waals surface area contributed by atoms with Crippen LogP contribution in [0, 0.1) is 6.92 Å². The van der Waals surface area contributed by atoms with Crippen LogP contribution in [0.15, 0.2) is 47.1 Å². The van der Waals surface area contributed by atoms with Gasteiger partial charge in [-0.05, 0) is 37.3 Å². The predicted octanol–water partition coefficient (Wildman–Crippen LogP) is 3.91. The van der Waals surface area contributed by atoms with Crippen molar-refractivity contribution in [2.24, 2.45) is 7.05 Å². The monoisotopic (exact) mass is 398 g/mol. The lowest BCUT2D eigenvalue weighted by atomic mass is 10.2. The first-order valence-corrected chi connectivity index (χ1v) is 9.02. The minimum absolute atomic E-state index is 0.374. The lowest BCUT2D eigenvalue weighted by Crippen LogP contribution is -2.05. The van der Waals surface area contributed by atoms with Gasteiger partial charge in [0.1, 0.15) is 5.25 Å². The van der Waals surface area contributed by atoms with E-state index in [0.29, 0.717) is 28.4 Å². The van der Waals surface area contributed by atoms with Gasteiger partial charge in [-0.25, -0.2) is 0 Å². The van der Waals surface area contributed by atoms with E-state index in [-0.39, 0.29) is 0 Å². The van der Waals surface area contributed by atoms with Crippen LogP contribution in [0.1, 0.15) is 22.6 Å². The van der Waals surface area contributed by atoms with Crippen molar-refractivity contribution in [3.63, 3.8) is 0 Å². The average Bonchev–Trinajstić information content (AvgIpc) is 3.28. The van der Waals surface area contributed by atoms with Crippen molar-refractivity contribution in [1.29, 1.82) is 0 Å². The molecule has 4 rings (SSSR count). The van der Waals surface area contributed by atoms with E-state index in [1.807, 2.05) is 42.8 Å². The highest BCUT2D eigenvalue weighted by atomic mass is 35.5. The van der Waals surface area contributed by atoms with Crippen molar-refractivity contribution in [1.82, 2.24) is 29.9 Å². The molecule has 3 heterocycles. The number of hydrogen-bond donors (Lipinski definition) is 1. The lowest BCUT2D eigenvalue weighted by Gasteiger charge is -2.07. The van der Waals surface area contributed by atoms with E-state index in [0.717, 1.165) is 16.8 Å². The van der Waals surface area contributed by atoms with Gasteiger partial charge >= 0.3 is 0 Å². The van der Waals surface area contributed by atoms with Gasteiger partial charge in [-0.1, -0.05) is 22.8 Å². The van der Waals surface area contributed by atoms with E-state index in [1.54, 1.807) is 18.3 Å². The number of benzene rings is 1. The second-order valence-corrected chi connectivity index (χ2v) is 6.95. The molecular formula is C18H15ClN6OS. The molecule has 9 heteroatoms. The zero-order valence-corrected chi connectivity index (χ0v) is 16.2. The SMILES string of the molecule is Cc1cc(-c2nnc(C(S)c3noc(-c4cccc(Cl)c4)n3)n2C)ccn1. The molecule has 4 aromatic rings. The minimum Gasteiger partial charge on any atom is -0.334 e. The molecule has 7 nitrogen and oxygen atoms in total. The molecule has 0 bridgehead atoms. The molecule has 1 unspecified atom stereocenters. The summed E-state index contributed by atoms with van der Waals surface area (Å²) in [6, 6.07) is 11.1. The second kappa shape index (κ2) is 7.13. The average molecular weight is 399 g/mol. The third kappa shape index (κ3) is 3.45. The maximum absolute atomic E-state index is 6.02. The van der Waals surface area contributed by atoms with Crippen LogP contribution in [-0.2, 0) is 7.05 Å².